The van der Waals surface area contributed by atoms with E-state index in [0.29, 0.717) is 13.1 Å². The van der Waals surface area contributed by atoms with Crippen molar-refractivity contribution in [3.8, 4) is 0 Å². The lowest BCUT2D eigenvalue weighted by Gasteiger charge is -2.32. The molecule has 0 unspecified atom stereocenters. The van der Waals surface area contributed by atoms with Crippen molar-refractivity contribution in [2.45, 2.75) is 65.3 Å². The Morgan fingerprint density at radius 1 is 1.15 bits per heavy atom. The highest BCUT2D eigenvalue weighted by molar-refractivity contribution is 6.62. The van der Waals surface area contributed by atoms with E-state index < -0.39 is 5.60 Å². The lowest BCUT2D eigenvalue weighted by Crippen LogP contribution is -2.41. The molecule has 0 spiro atoms. The van der Waals surface area contributed by atoms with Crippen LogP contribution in [0.3, 0.4) is 0 Å². The predicted molar refractivity (Wildman–Crippen MR) is 108 cm³/mol. The third-order valence-electron chi connectivity index (χ3n) is 5.35. The third-order valence-corrected chi connectivity index (χ3v) is 5.35. The first kappa shape index (κ1) is 20.0. The molecule has 6 heteroatoms. The van der Waals surface area contributed by atoms with E-state index in [-0.39, 0.29) is 24.4 Å². The van der Waals surface area contributed by atoms with Crippen LogP contribution in [0.25, 0.3) is 5.57 Å². The van der Waals surface area contributed by atoms with Crippen LogP contribution in [-0.4, -0.2) is 48.0 Å². The molecule has 0 aromatic heterocycles. The van der Waals surface area contributed by atoms with Gasteiger partial charge in [-0.3, -0.25) is 0 Å². The minimum Gasteiger partial charge on any atom is -0.444 e. The number of hydrogen-bond donors (Lipinski definition) is 0. The number of carbonyl (C=O) groups excluding carboxylic acids is 1. The number of hydrogen-bond acceptors (Lipinski definition) is 4. The van der Waals surface area contributed by atoms with Gasteiger partial charge >= 0.3 is 13.2 Å². The molecule has 1 aromatic carbocycles. The molecule has 2 heterocycles. The van der Waals surface area contributed by atoms with Crippen molar-refractivity contribution in [1.82, 2.24) is 4.90 Å². The molecule has 0 N–H and O–H groups in total. The van der Waals surface area contributed by atoms with Gasteiger partial charge in [0.1, 0.15) is 5.60 Å². The first-order chi connectivity index (χ1) is 12.4. The maximum atomic E-state index is 12.3. The fourth-order valence-electron chi connectivity index (χ4n) is 3.09. The summed E-state index contributed by atoms with van der Waals surface area (Å²) in [6.45, 7) is 14.9. The summed E-state index contributed by atoms with van der Waals surface area (Å²) >= 11 is 0. The predicted octanol–water partition coefficient (Wildman–Crippen LogP) is 3.62. The molecule has 0 aliphatic carbocycles. The standard InChI is InChI=1S/C21H30BNO4/c1-19(2,3)25-18(24)23-12-11-16(14-23)15-9-8-10-17(13-15)22-26-20(4,5)21(6,7)27-22/h8-11,13H,12,14H2,1-7H3. The van der Waals surface area contributed by atoms with Crippen molar-refractivity contribution >= 4 is 24.2 Å². The zero-order valence-corrected chi connectivity index (χ0v) is 17.5. The van der Waals surface area contributed by atoms with Gasteiger partial charge in [0.05, 0.1) is 11.2 Å². The molecule has 27 heavy (non-hydrogen) atoms. The molecule has 1 aromatic rings. The number of benzene rings is 1. The Labute approximate surface area is 162 Å². The average Bonchev–Trinajstić information content (AvgIpc) is 3.09. The molecular weight excluding hydrogens is 341 g/mol. The molecule has 3 rings (SSSR count). The van der Waals surface area contributed by atoms with Gasteiger partial charge in [0.2, 0.25) is 0 Å². The Bertz CT molecular complexity index is 748. The highest BCUT2D eigenvalue weighted by Crippen LogP contribution is 2.36. The second kappa shape index (κ2) is 6.68. The molecule has 0 radical (unpaired) electrons. The molecule has 1 saturated heterocycles. The van der Waals surface area contributed by atoms with E-state index in [2.05, 4.69) is 45.9 Å². The van der Waals surface area contributed by atoms with Gasteiger partial charge in [0.15, 0.2) is 0 Å². The molecule has 1 amide bonds. The average molecular weight is 371 g/mol. The largest absolute Gasteiger partial charge is 0.494 e. The van der Waals surface area contributed by atoms with E-state index in [1.165, 1.54) is 0 Å². The van der Waals surface area contributed by atoms with Gasteiger partial charge in [-0.25, -0.2) is 4.79 Å². The maximum Gasteiger partial charge on any atom is 0.494 e. The fourth-order valence-corrected chi connectivity index (χ4v) is 3.09. The van der Waals surface area contributed by atoms with Crippen molar-refractivity contribution in [3.63, 3.8) is 0 Å². The Hall–Kier alpha value is -1.79. The molecule has 2 aliphatic heterocycles. The molecule has 0 saturated carbocycles. The van der Waals surface area contributed by atoms with Crippen LogP contribution in [0.5, 0.6) is 0 Å². The summed E-state index contributed by atoms with van der Waals surface area (Å²) in [4.78, 5) is 14.0. The topological polar surface area (TPSA) is 48.0 Å². The quantitative estimate of drug-likeness (QED) is 0.745. The lowest BCUT2D eigenvalue weighted by molar-refractivity contribution is 0.00578. The van der Waals surface area contributed by atoms with E-state index in [1.807, 2.05) is 32.9 Å². The summed E-state index contributed by atoms with van der Waals surface area (Å²) in [5.74, 6) is 0. The minimum absolute atomic E-state index is 0.282. The Morgan fingerprint density at radius 3 is 2.37 bits per heavy atom. The molecule has 0 bridgehead atoms. The minimum atomic E-state index is -0.490. The van der Waals surface area contributed by atoms with Gasteiger partial charge in [-0.15, -0.1) is 0 Å². The number of amides is 1. The summed E-state index contributed by atoms with van der Waals surface area (Å²) in [6, 6.07) is 8.17. The van der Waals surface area contributed by atoms with Gasteiger partial charge in [-0.05, 0) is 65.1 Å². The molecule has 0 atom stereocenters. The van der Waals surface area contributed by atoms with Crippen molar-refractivity contribution < 1.29 is 18.8 Å². The van der Waals surface area contributed by atoms with Crippen LogP contribution in [0, 0.1) is 0 Å². The Morgan fingerprint density at radius 2 is 1.78 bits per heavy atom. The number of ether oxygens (including phenoxy) is 1. The molecule has 5 nitrogen and oxygen atoms in total. The molecular formula is C21H30BNO4. The van der Waals surface area contributed by atoms with Crippen LogP contribution >= 0.6 is 0 Å². The summed E-state index contributed by atoms with van der Waals surface area (Å²) in [5.41, 5.74) is 1.95. The lowest BCUT2D eigenvalue weighted by atomic mass is 9.78. The number of rotatable bonds is 2. The van der Waals surface area contributed by atoms with Crippen LogP contribution < -0.4 is 5.46 Å². The molecule has 2 aliphatic rings. The second-order valence-electron chi connectivity index (χ2n) is 9.30. The molecule has 1 fully saturated rings. The summed E-state index contributed by atoms with van der Waals surface area (Å²) in [6.07, 6.45) is 1.80. The Kier molecular flexibility index (Phi) is 4.94. The van der Waals surface area contributed by atoms with Crippen molar-refractivity contribution in [2.75, 3.05) is 13.1 Å². The van der Waals surface area contributed by atoms with Crippen LogP contribution in [-0.2, 0) is 14.0 Å². The monoisotopic (exact) mass is 371 g/mol. The highest BCUT2D eigenvalue weighted by Gasteiger charge is 2.51. The zero-order valence-electron chi connectivity index (χ0n) is 17.5. The SMILES string of the molecule is CC(C)(C)OC(=O)N1CC=C(c2cccc(B3OC(C)(C)C(C)(C)O3)c2)C1. The van der Waals surface area contributed by atoms with Gasteiger partial charge in [0.25, 0.3) is 0 Å². The van der Waals surface area contributed by atoms with Crippen LogP contribution in [0.2, 0.25) is 0 Å². The zero-order chi connectivity index (χ0) is 20.0. The first-order valence-electron chi connectivity index (χ1n) is 9.51. The van der Waals surface area contributed by atoms with Gasteiger partial charge in [0, 0.05) is 13.1 Å². The van der Waals surface area contributed by atoms with E-state index in [1.54, 1.807) is 4.90 Å². The van der Waals surface area contributed by atoms with E-state index in [4.69, 9.17) is 14.0 Å². The Balaban J connectivity index is 1.71. The third kappa shape index (κ3) is 4.22. The van der Waals surface area contributed by atoms with Gasteiger partial charge < -0.3 is 18.9 Å². The van der Waals surface area contributed by atoms with E-state index in [0.717, 1.165) is 16.6 Å². The van der Waals surface area contributed by atoms with Crippen molar-refractivity contribution in [3.05, 3.63) is 35.9 Å². The summed E-state index contributed by atoms with van der Waals surface area (Å²) in [7, 11) is -0.390. The van der Waals surface area contributed by atoms with Crippen molar-refractivity contribution in [2.24, 2.45) is 0 Å². The normalized spacial score (nSPS) is 21.4. The van der Waals surface area contributed by atoms with Crippen LogP contribution in [0.4, 0.5) is 4.79 Å². The smallest absolute Gasteiger partial charge is 0.444 e. The molecule has 146 valence electrons. The fraction of sp³-hybridized carbons (Fsp3) is 0.571. The van der Waals surface area contributed by atoms with E-state index in [9.17, 15) is 4.79 Å². The number of nitrogens with zero attached hydrogens (tertiary/aromatic N) is 1. The summed E-state index contributed by atoms with van der Waals surface area (Å²) < 4.78 is 17.8. The first-order valence-corrected chi connectivity index (χ1v) is 9.51. The van der Waals surface area contributed by atoms with Crippen LogP contribution in [0.15, 0.2) is 30.3 Å². The number of carbonyl (C=O) groups is 1. The van der Waals surface area contributed by atoms with E-state index >= 15 is 0 Å². The van der Waals surface area contributed by atoms with Gasteiger partial charge in [-0.2, -0.15) is 0 Å². The summed E-state index contributed by atoms with van der Waals surface area (Å²) in [5, 5.41) is 0. The second-order valence-corrected chi connectivity index (χ2v) is 9.30. The van der Waals surface area contributed by atoms with Crippen LogP contribution in [0.1, 0.15) is 54.0 Å². The maximum absolute atomic E-state index is 12.3. The van der Waals surface area contributed by atoms with Gasteiger partial charge in [-0.1, -0.05) is 30.3 Å². The highest BCUT2D eigenvalue weighted by atomic mass is 16.7. The van der Waals surface area contributed by atoms with Crippen molar-refractivity contribution in [1.29, 1.82) is 0 Å².